The van der Waals surface area contributed by atoms with Crippen LogP contribution in [0.1, 0.15) is 361 Å². The number of unbranched alkanes of at least 4 members (excludes halogenated alkanes) is 50. The highest BCUT2D eigenvalue weighted by Crippen LogP contribution is 2.43. The summed E-state index contributed by atoms with van der Waals surface area (Å²) in [5.74, 6) is -0.169. The van der Waals surface area contributed by atoms with Crippen molar-refractivity contribution in [3.05, 3.63) is 24.3 Å². The van der Waals surface area contributed by atoms with Crippen LogP contribution < -0.4 is 5.32 Å². The van der Waals surface area contributed by atoms with Crippen molar-refractivity contribution in [2.75, 3.05) is 40.9 Å². The summed E-state index contributed by atoms with van der Waals surface area (Å²) in [5, 5.41) is 14.0. The van der Waals surface area contributed by atoms with Crippen molar-refractivity contribution in [3.8, 4) is 0 Å². The lowest BCUT2D eigenvalue weighted by molar-refractivity contribution is -0.870. The Bertz CT molecular complexity index is 1320. The number of phosphoric ester groups is 1. The van der Waals surface area contributed by atoms with E-state index in [0.717, 1.165) is 32.1 Å². The first kappa shape index (κ1) is 77.0. The number of likely N-dealkylation sites (N-methyl/N-ethyl adjacent to an activating group) is 1. The second-order valence-electron chi connectivity index (χ2n) is 25.3. The molecule has 3 unspecified atom stereocenters. The van der Waals surface area contributed by atoms with Crippen LogP contribution >= 0.6 is 7.82 Å². The molecule has 0 spiro atoms. The fourth-order valence-corrected chi connectivity index (χ4v) is 11.5. The van der Waals surface area contributed by atoms with Gasteiger partial charge >= 0.3 is 7.82 Å². The zero-order valence-corrected chi connectivity index (χ0v) is 54.1. The average Bonchev–Trinajstić information content (AvgIpc) is 3.41. The fraction of sp³-hybridized carbons (Fsp3) is 0.928. The zero-order chi connectivity index (χ0) is 57.0. The molecule has 0 radical (unpaired) electrons. The van der Waals surface area contributed by atoms with E-state index in [-0.39, 0.29) is 19.1 Å². The van der Waals surface area contributed by atoms with Crippen molar-refractivity contribution in [1.82, 2.24) is 5.32 Å². The van der Waals surface area contributed by atoms with Crippen LogP contribution in [-0.4, -0.2) is 73.4 Å². The molecule has 464 valence electrons. The Balaban J connectivity index is 4.04. The number of nitrogens with one attached hydrogen (secondary N) is 1. The Kier molecular flexibility index (Phi) is 59.8. The van der Waals surface area contributed by atoms with E-state index in [4.69, 9.17) is 9.05 Å². The second-order valence-corrected chi connectivity index (χ2v) is 26.7. The molecule has 0 saturated heterocycles. The van der Waals surface area contributed by atoms with E-state index >= 15 is 0 Å². The van der Waals surface area contributed by atoms with Gasteiger partial charge < -0.3 is 19.8 Å². The van der Waals surface area contributed by atoms with Crippen LogP contribution in [0.15, 0.2) is 24.3 Å². The molecule has 3 N–H and O–H groups in total. The minimum atomic E-state index is -4.35. The number of aliphatic hydroxyl groups is 1. The highest BCUT2D eigenvalue weighted by molar-refractivity contribution is 7.47. The molecule has 0 fully saturated rings. The van der Waals surface area contributed by atoms with Gasteiger partial charge in [0.1, 0.15) is 13.2 Å². The van der Waals surface area contributed by atoms with Gasteiger partial charge in [-0.05, 0) is 44.9 Å². The molecule has 0 aliphatic carbocycles. The summed E-state index contributed by atoms with van der Waals surface area (Å²) in [6.07, 6.45) is 78.9. The SMILES string of the molecule is CCCCCCCCCCCCCC/C=C\CCCCCCCCCCCCCCCCCC(=O)NC(COP(=O)(O)OCC[N+](C)(C)C)C(O)/C=C/CCCCCCCCCCCCCCCCCCCCCCCCC. The first-order valence-corrected chi connectivity index (χ1v) is 36.2. The topological polar surface area (TPSA) is 105 Å². The van der Waals surface area contributed by atoms with Crippen LogP contribution in [0.25, 0.3) is 0 Å². The predicted molar refractivity (Wildman–Crippen MR) is 342 cm³/mol. The summed E-state index contributed by atoms with van der Waals surface area (Å²) >= 11 is 0. The monoisotopic (exact) mass is 1120 g/mol. The van der Waals surface area contributed by atoms with E-state index in [0.29, 0.717) is 17.4 Å². The van der Waals surface area contributed by atoms with Gasteiger partial charge in [0, 0.05) is 6.42 Å². The molecular formula is C69H138N2O6P+. The van der Waals surface area contributed by atoms with Crippen LogP contribution in [0, 0.1) is 0 Å². The van der Waals surface area contributed by atoms with Crippen molar-refractivity contribution < 1.29 is 32.9 Å². The highest BCUT2D eigenvalue weighted by Gasteiger charge is 2.28. The number of quaternary nitrogens is 1. The van der Waals surface area contributed by atoms with Gasteiger partial charge in [0.15, 0.2) is 0 Å². The normalized spacial score (nSPS) is 13.8. The van der Waals surface area contributed by atoms with E-state index in [9.17, 15) is 19.4 Å². The largest absolute Gasteiger partial charge is 0.472 e. The number of allylic oxidation sites excluding steroid dienone is 3. The number of rotatable bonds is 65. The van der Waals surface area contributed by atoms with Crippen molar-refractivity contribution in [2.45, 2.75) is 373 Å². The van der Waals surface area contributed by atoms with Gasteiger partial charge in [0.2, 0.25) is 5.91 Å². The Morgan fingerprint density at radius 2 is 0.692 bits per heavy atom. The summed E-state index contributed by atoms with van der Waals surface area (Å²) in [7, 11) is 1.59. The molecule has 0 bridgehead atoms. The maximum atomic E-state index is 13.0. The average molecular weight is 1120 g/mol. The number of nitrogens with zero attached hydrogens (tertiary/aromatic N) is 1. The Morgan fingerprint density at radius 3 is 0.987 bits per heavy atom. The Morgan fingerprint density at radius 1 is 0.423 bits per heavy atom. The molecule has 0 aliphatic heterocycles. The summed E-state index contributed by atoms with van der Waals surface area (Å²) in [5.41, 5.74) is 0. The number of hydrogen-bond donors (Lipinski definition) is 3. The summed E-state index contributed by atoms with van der Waals surface area (Å²) in [6, 6.07) is -0.846. The molecule has 0 aromatic carbocycles. The number of carbonyl (C=O) groups excluding carboxylic acids is 1. The zero-order valence-electron chi connectivity index (χ0n) is 53.2. The molecule has 9 heteroatoms. The standard InChI is InChI=1S/C69H137N2O6P/c1-6-8-10-12-14-16-18-20-22-24-26-28-30-32-33-34-35-36-37-39-41-43-45-47-49-51-53-55-57-59-61-63-69(73)70-67(66-77-78(74,75)76-65-64-71(3,4)5)68(72)62-60-58-56-54-52-50-48-46-44-42-40-38-31-29-27-25-23-21-19-17-15-13-11-9-7-2/h32-33,60,62,67-68,72H,6-31,34-59,61,63-66H2,1-5H3,(H-,70,73,74,75)/p+1/b33-32-,62-60+. The highest BCUT2D eigenvalue weighted by atomic mass is 31.2. The van der Waals surface area contributed by atoms with Crippen molar-refractivity contribution in [2.24, 2.45) is 0 Å². The van der Waals surface area contributed by atoms with Crippen LogP contribution in [0.3, 0.4) is 0 Å². The molecule has 8 nitrogen and oxygen atoms in total. The Labute approximate surface area is 487 Å². The maximum absolute atomic E-state index is 13.0. The second kappa shape index (κ2) is 60.6. The van der Waals surface area contributed by atoms with Gasteiger partial charge in [-0.3, -0.25) is 13.8 Å². The summed E-state index contributed by atoms with van der Waals surface area (Å²) in [6.45, 7) is 4.88. The molecule has 0 rings (SSSR count). The van der Waals surface area contributed by atoms with E-state index in [1.165, 1.54) is 308 Å². The van der Waals surface area contributed by atoms with Crippen molar-refractivity contribution in [3.63, 3.8) is 0 Å². The first-order chi connectivity index (χ1) is 38.0. The predicted octanol–water partition coefficient (Wildman–Crippen LogP) is 21.9. The van der Waals surface area contributed by atoms with Crippen LogP contribution in [-0.2, 0) is 18.4 Å². The molecule has 0 aromatic rings. The van der Waals surface area contributed by atoms with E-state index in [2.05, 4.69) is 31.3 Å². The third kappa shape index (κ3) is 62.6. The minimum absolute atomic E-state index is 0.0641. The number of hydrogen-bond acceptors (Lipinski definition) is 5. The summed E-state index contributed by atoms with van der Waals surface area (Å²) in [4.78, 5) is 23.4. The van der Waals surface area contributed by atoms with Gasteiger partial charge in [-0.25, -0.2) is 4.57 Å². The maximum Gasteiger partial charge on any atom is 0.472 e. The first-order valence-electron chi connectivity index (χ1n) is 34.7. The lowest BCUT2D eigenvalue weighted by atomic mass is 10.0. The molecule has 1 amide bonds. The molecule has 0 aliphatic rings. The third-order valence-corrected chi connectivity index (χ3v) is 17.1. The molecule has 78 heavy (non-hydrogen) atoms. The van der Waals surface area contributed by atoms with Crippen LogP contribution in [0.2, 0.25) is 0 Å². The van der Waals surface area contributed by atoms with E-state index < -0.39 is 20.0 Å². The lowest BCUT2D eigenvalue weighted by Gasteiger charge is -2.25. The van der Waals surface area contributed by atoms with Crippen molar-refractivity contribution in [1.29, 1.82) is 0 Å². The fourth-order valence-electron chi connectivity index (χ4n) is 10.7. The van der Waals surface area contributed by atoms with Gasteiger partial charge in [-0.2, -0.15) is 0 Å². The lowest BCUT2D eigenvalue weighted by Crippen LogP contribution is -2.45. The van der Waals surface area contributed by atoms with Gasteiger partial charge in [-0.15, -0.1) is 0 Å². The smallest absolute Gasteiger partial charge is 0.387 e. The molecule has 0 aromatic heterocycles. The Hall–Kier alpha value is -1.02. The van der Waals surface area contributed by atoms with Gasteiger partial charge in [0.05, 0.1) is 39.9 Å². The number of carbonyl (C=O) groups is 1. The van der Waals surface area contributed by atoms with E-state index in [1.807, 2.05) is 27.2 Å². The summed E-state index contributed by atoms with van der Waals surface area (Å²) < 4.78 is 23.8. The molecule has 3 atom stereocenters. The van der Waals surface area contributed by atoms with Gasteiger partial charge in [-0.1, -0.05) is 334 Å². The quantitative estimate of drug-likeness (QED) is 0.0243. The third-order valence-electron chi connectivity index (χ3n) is 16.2. The van der Waals surface area contributed by atoms with Crippen molar-refractivity contribution >= 4 is 13.7 Å². The number of amides is 1. The van der Waals surface area contributed by atoms with Crippen LogP contribution in [0.4, 0.5) is 0 Å². The molecule has 0 heterocycles. The minimum Gasteiger partial charge on any atom is -0.387 e. The number of aliphatic hydroxyl groups excluding tert-OH is 1. The van der Waals surface area contributed by atoms with Gasteiger partial charge in [0.25, 0.3) is 0 Å². The van der Waals surface area contributed by atoms with Crippen LogP contribution in [0.5, 0.6) is 0 Å². The molecule has 0 saturated carbocycles. The number of phosphoric acid groups is 1. The van der Waals surface area contributed by atoms with E-state index in [1.54, 1.807) is 6.08 Å². The molecular weight excluding hydrogens is 984 g/mol.